The molecule has 21 heavy (non-hydrogen) atoms. The molecule has 116 valence electrons. The minimum absolute atomic E-state index is 0.0518. The molecule has 0 bridgehead atoms. The summed E-state index contributed by atoms with van der Waals surface area (Å²) in [5.41, 5.74) is 6.17. The minimum Gasteiger partial charge on any atom is -0.354 e. The minimum atomic E-state index is -0.0518. The number of nitrogens with one attached hydrogen (secondary N) is 2. The van der Waals surface area contributed by atoms with Gasteiger partial charge in [0.15, 0.2) is 0 Å². The van der Waals surface area contributed by atoms with E-state index in [1.54, 1.807) is 12.3 Å². The molecule has 1 aromatic heterocycles. The highest BCUT2D eigenvalue weighted by Gasteiger charge is 2.27. The van der Waals surface area contributed by atoms with E-state index in [2.05, 4.69) is 15.5 Å². The molecule has 0 spiro atoms. The molecule has 7 heteroatoms. The summed E-state index contributed by atoms with van der Waals surface area (Å²) < 4.78 is 0. The van der Waals surface area contributed by atoms with Crippen molar-refractivity contribution in [1.82, 2.24) is 20.4 Å². The van der Waals surface area contributed by atoms with Gasteiger partial charge in [-0.05, 0) is 25.3 Å². The summed E-state index contributed by atoms with van der Waals surface area (Å²) in [6.45, 7) is 1.61. The number of H-pyrrole nitrogens is 1. The SMILES string of the molecule is NCCC(=O)NCC1CCCCN1C(=O)Cc1ccn[nH]1. The molecule has 1 aliphatic heterocycles. The van der Waals surface area contributed by atoms with E-state index in [0.717, 1.165) is 31.5 Å². The Morgan fingerprint density at radius 3 is 3.05 bits per heavy atom. The summed E-state index contributed by atoms with van der Waals surface area (Å²) in [5.74, 6) is 0.0288. The van der Waals surface area contributed by atoms with Gasteiger partial charge in [0.05, 0.1) is 6.42 Å². The topological polar surface area (TPSA) is 104 Å². The Morgan fingerprint density at radius 2 is 2.33 bits per heavy atom. The van der Waals surface area contributed by atoms with E-state index in [9.17, 15) is 9.59 Å². The van der Waals surface area contributed by atoms with Crippen molar-refractivity contribution < 1.29 is 9.59 Å². The summed E-state index contributed by atoms with van der Waals surface area (Å²) >= 11 is 0. The smallest absolute Gasteiger partial charge is 0.228 e. The zero-order valence-corrected chi connectivity index (χ0v) is 12.2. The molecule has 0 radical (unpaired) electrons. The maximum absolute atomic E-state index is 12.4. The molecule has 2 heterocycles. The number of aromatic nitrogens is 2. The van der Waals surface area contributed by atoms with Crippen molar-refractivity contribution in [2.24, 2.45) is 5.73 Å². The lowest BCUT2D eigenvalue weighted by atomic mass is 10.0. The van der Waals surface area contributed by atoms with E-state index in [0.29, 0.717) is 25.9 Å². The Hall–Kier alpha value is -1.89. The van der Waals surface area contributed by atoms with Gasteiger partial charge >= 0.3 is 0 Å². The highest BCUT2D eigenvalue weighted by atomic mass is 16.2. The number of hydrogen-bond acceptors (Lipinski definition) is 4. The second kappa shape index (κ2) is 7.78. The quantitative estimate of drug-likeness (QED) is 0.675. The Balaban J connectivity index is 1.88. The van der Waals surface area contributed by atoms with Gasteiger partial charge in [-0.25, -0.2) is 0 Å². The molecule has 0 saturated carbocycles. The number of piperidine rings is 1. The van der Waals surface area contributed by atoms with Crippen molar-refractivity contribution in [2.45, 2.75) is 38.1 Å². The lowest BCUT2D eigenvalue weighted by Gasteiger charge is -2.36. The van der Waals surface area contributed by atoms with Crippen molar-refractivity contribution in [3.63, 3.8) is 0 Å². The molecular weight excluding hydrogens is 270 g/mol. The number of nitrogens with two attached hydrogens (primary N) is 1. The molecule has 1 atom stereocenters. The van der Waals surface area contributed by atoms with Crippen LogP contribution in [0.5, 0.6) is 0 Å². The number of hydrogen-bond donors (Lipinski definition) is 3. The van der Waals surface area contributed by atoms with Crippen LogP contribution in [0.25, 0.3) is 0 Å². The third-order valence-electron chi connectivity index (χ3n) is 3.75. The van der Waals surface area contributed by atoms with Gasteiger partial charge in [0.2, 0.25) is 11.8 Å². The number of aromatic amines is 1. The molecule has 0 aliphatic carbocycles. The standard InChI is InChI=1S/C14H23N5O2/c15-6-4-13(20)16-10-12-3-1-2-8-19(12)14(21)9-11-5-7-17-18-11/h5,7,12H,1-4,6,8-10,15H2,(H,16,20)(H,17,18). The van der Waals surface area contributed by atoms with Gasteiger partial charge in [-0.1, -0.05) is 0 Å². The summed E-state index contributed by atoms with van der Waals surface area (Å²) in [7, 11) is 0. The van der Waals surface area contributed by atoms with Gasteiger partial charge in [0.25, 0.3) is 0 Å². The van der Waals surface area contributed by atoms with E-state index in [4.69, 9.17) is 5.73 Å². The van der Waals surface area contributed by atoms with Crippen LogP contribution in [0.2, 0.25) is 0 Å². The van der Waals surface area contributed by atoms with E-state index < -0.39 is 0 Å². The molecule has 4 N–H and O–H groups in total. The molecule has 2 rings (SSSR count). The third-order valence-corrected chi connectivity index (χ3v) is 3.75. The first-order valence-corrected chi connectivity index (χ1v) is 7.45. The van der Waals surface area contributed by atoms with Gasteiger partial charge in [0, 0.05) is 44.0 Å². The monoisotopic (exact) mass is 293 g/mol. The summed E-state index contributed by atoms with van der Waals surface area (Å²) in [5, 5.41) is 9.53. The van der Waals surface area contributed by atoms with E-state index >= 15 is 0 Å². The Morgan fingerprint density at radius 1 is 1.48 bits per heavy atom. The van der Waals surface area contributed by atoms with E-state index in [1.807, 2.05) is 4.90 Å². The normalized spacial score (nSPS) is 18.5. The van der Waals surface area contributed by atoms with Crippen LogP contribution in [-0.2, 0) is 16.0 Å². The van der Waals surface area contributed by atoms with Crippen LogP contribution in [0.1, 0.15) is 31.4 Å². The van der Waals surface area contributed by atoms with Crippen LogP contribution in [0, 0.1) is 0 Å². The van der Waals surface area contributed by atoms with Crippen molar-refractivity contribution >= 4 is 11.8 Å². The van der Waals surface area contributed by atoms with Gasteiger partial charge in [0.1, 0.15) is 0 Å². The first kappa shape index (κ1) is 15.5. The molecule has 1 aromatic rings. The van der Waals surface area contributed by atoms with E-state index in [-0.39, 0.29) is 17.9 Å². The predicted octanol–water partition coefficient (Wildman–Crippen LogP) is -0.202. The summed E-state index contributed by atoms with van der Waals surface area (Å²) in [4.78, 5) is 25.8. The molecule has 1 aliphatic rings. The van der Waals surface area contributed by atoms with Crippen LogP contribution < -0.4 is 11.1 Å². The summed E-state index contributed by atoms with van der Waals surface area (Å²) in [6.07, 6.45) is 5.33. The van der Waals surface area contributed by atoms with Crippen molar-refractivity contribution in [3.8, 4) is 0 Å². The fraction of sp³-hybridized carbons (Fsp3) is 0.643. The fourth-order valence-electron chi connectivity index (χ4n) is 2.64. The largest absolute Gasteiger partial charge is 0.354 e. The average Bonchev–Trinajstić information content (AvgIpc) is 2.98. The number of rotatable bonds is 6. The second-order valence-electron chi connectivity index (χ2n) is 5.34. The van der Waals surface area contributed by atoms with Crippen molar-refractivity contribution in [2.75, 3.05) is 19.6 Å². The molecular formula is C14H23N5O2. The molecule has 2 amide bonds. The lowest BCUT2D eigenvalue weighted by molar-refractivity contribution is -0.134. The zero-order chi connectivity index (χ0) is 15.1. The van der Waals surface area contributed by atoms with Crippen LogP contribution >= 0.6 is 0 Å². The van der Waals surface area contributed by atoms with Gasteiger partial charge in [-0.15, -0.1) is 0 Å². The van der Waals surface area contributed by atoms with Crippen LogP contribution in [0.4, 0.5) is 0 Å². The molecule has 7 nitrogen and oxygen atoms in total. The van der Waals surface area contributed by atoms with Gasteiger partial charge in [-0.2, -0.15) is 5.10 Å². The Labute approximate surface area is 124 Å². The number of amides is 2. The van der Waals surface area contributed by atoms with Crippen molar-refractivity contribution in [1.29, 1.82) is 0 Å². The fourth-order valence-corrected chi connectivity index (χ4v) is 2.64. The molecule has 1 fully saturated rings. The average molecular weight is 293 g/mol. The first-order chi connectivity index (χ1) is 10.2. The van der Waals surface area contributed by atoms with Crippen LogP contribution in [-0.4, -0.2) is 52.6 Å². The predicted molar refractivity (Wildman–Crippen MR) is 78.3 cm³/mol. The maximum atomic E-state index is 12.4. The van der Waals surface area contributed by atoms with Crippen LogP contribution in [0.15, 0.2) is 12.3 Å². The number of carbonyl (C=O) groups excluding carboxylic acids is 2. The van der Waals surface area contributed by atoms with Crippen LogP contribution in [0.3, 0.4) is 0 Å². The lowest BCUT2D eigenvalue weighted by Crippen LogP contribution is -2.50. The Bertz CT molecular complexity index is 460. The third kappa shape index (κ3) is 4.56. The number of carbonyl (C=O) groups is 2. The van der Waals surface area contributed by atoms with Gasteiger partial charge < -0.3 is 16.0 Å². The zero-order valence-electron chi connectivity index (χ0n) is 12.2. The first-order valence-electron chi connectivity index (χ1n) is 7.45. The number of likely N-dealkylation sites (tertiary alicyclic amines) is 1. The molecule has 1 unspecified atom stereocenters. The van der Waals surface area contributed by atoms with Crippen molar-refractivity contribution in [3.05, 3.63) is 18.0 Å². The highest BCUT2D eigenvalue weighted by Crippen LogP contribution is 2.17. The molecule has 1 saturated heterocycles. The second-order valence-corrected chi connectivity index (χ2v) is 5.34. The van der Waals surface area contributed by atoms with Gasteiger partial charge in [-0.3, -0.25) is 14.7 Å². The number of nitrogens with zero attached hydrogens (tertiary/aromatic N) is 2. The summed E-state index contributed by atoms with van der Waals surface area (Å²) in [6, 6.07) is 1.88. The maximum Gasteiger partial charge on any atom is 0.228 e. The Kier molecular flexibility index (Phi) is 5.74. The highest BCUT2D eigenvalue weighted by molar-refractivity contribution is 5.79. The van der Waals surface area contributed by atoms with E-state index in [1.165, 1.54) is 0 Å². The molecule has 0 aromatic carbocycles.